The Morgan fingerprint density at radius 1 is 1.00 bits per heavy atom. The van der Waals surface area contributed by atoms with Crippen LogP contribution in [0.1, 0.15) is 46.0 Å². The molecule has 0 aliphatic carbocycles. The molecular formula is C31H32N4O3. The summed E-state index contributed by atoms with van der Waals surface area (Å²) < 4.78 is 11.3. The molecule has 0 radical (unpaired) electrons. The van der Waals surface area contributed by atoms with E-state index in [9.17, 15) is 4.79 Å². The van der Waals surface area contributed by atoms with E-state index in [4.69, 9.17) is 9.15 Å². The Bertz CT molecular complexity index is 1490. The molecule has 1 amide bonds. The minimum atomic E-state index is -0.258. The molecule has 7 nitrogen and oxygen atoms in total. The van der Waals surface area contributed by atoms with Gasteiger partial charge in [0.05, 0.1) is 19.7 Å². The lowest BCUT2D eigenvalue weighted by Gasteiger charge is -2.22. The van der Waals surface area contributed by atoms with Crippen LogP contribution in [0.25, 0.3) is 10.9 Å². The van der Waals surface area contributed by atoms with Gasteiger partial charge >= 0.3 is 0 Å². The second-order valence-electron chi connectivity index (χ2n) is 9.36. The fourth-order valence-corrected chi connectivity index (χ4v) is 4.68. The quantitative estimate of drug-likeness (QED) is 0.232. The van der Waals surface area contributed by atoms with Gasteiger partial charge in [-0.25, -0.2) is 4.98 Å². The first-order valence-electron chi connectivity index (χ1n) is 12.8. The molecule has 0 spiro atoms. The number of oxazole rings is 1. The van der Waals surface area contributed by atoms with E-state index in [1.54, 1.807) is 7.11 Å². The summed E-state index contributed by atoms with van der Waals surface area (Å²) in [5.41, 5.74) is 4.77. The van der Waals surface area contributed by atoms with Crippen LogP contribution < -0.4 is 10.1 Å². The number of ether oxygens (including phenoxy) is 1. The first kappa shape index (κ1) is 25.3. The molecule has 194 valence electrons. The van der Waals surface area contributed by atoms with Gasteiger partial charge in [-0.05, 0) is 36.6 Å². The number of fused-ring (bicyclic) bond motifs is 1. The van der Waals surface area contributed by atoms with Gasteiger partial charge < -0.3 is 19.5 Å². The minimum absolute atomic E-state index is 0.137. The van der Waals surface area contributed by atoms with E-state index in [0.717, 1.165) is 35.4 Å². The van der Waals surface area contributed by atoms with Crippen LogP contribution in [-0.2, 0) is 19.5 Å². The number of hydrogen-bond acceptors (Lipinski definition) is 5. The van der Waals surface area contributed by atoms with Gasteiger partial charge in [-0.2, -0.15) is 0 Å². The molecular weight excluding hydrogens is 476 g/mol. The molecule has 1 atom stereocenters. The zero-order valence-electron chi connectivity index (χ0n) is 21.7. The molecule has 0 aliphatic heterocycles. The number of carbonyl (C=O) groups is 1. The maximum Gasteiger partial charge on any atom is 0.273 e. The van der Waals surface area contributed by atoms with Crippen molar-refractivity contribution in [2.24, 2.45) is 0 Å². The summed E-state index contributed by atoms with van der Waals surface area (Å²) in [6.07, 6.45) is 4.36. The number of carbonyl (C=O) groups excluding carboxylic acids is 1. The lowest BCUT2D eigenvalue weighted by atomic mass is 10.1. The summed E-state index contributed by atoms with van der Waals surface area (Å²) in [6.45, 7) is 3.84. The SMILES string of the molecule is COc1ccccc1CN(CCc1c[nH]c2ccccc12)Cc1nc(C(=O)N[C@@H](C)c2ccccc2)co1. The van der Waals surface area contributed by atoms with Crippen molar-refractivity contribution in [2.75, 3.05) is 13.7 Å². The Kier molecular flexibility index (Phi) is 7.85. The number of para-hydroxylation sites is 2. The molecule has 2 N–H and O–H groups in total. The van der Waals surface area contributed by atoms with E-state index in [0.29, 0.717) is 19.0 Å². The molecule has 0 fully saturated rings. The molecule has 5 aromatic rings. The molecule has 5 rings (SSSR count). The third-order valence-corrected chi connectivity index (χ3v) is 6.75. The van der Waals surface area contributed by atoms with Crippen LogP contribution in [0.5, 0.6) is 5.75 Å². The Labute approximate surface area is 222 Å². The summed E-state index contributed by atoms with van der Waals surface area (Å²) >= 11 is 0. The number of aromatic nitrogens is 2. The van der Waals surface area contributed by atoms with Crippen LogP contribution in [0.3, 0.4) is 0 Å². The number of methoxy groups -OCH3 is 1. The smallest absolute Gasteiger partial charge is 0.273 e. The number of H-pyrrole nitrogens is 1. The highest BCUT2D eigenvalue weighted by molar-refractivity contribution is 5.92. The molecule has 7 heteroatoms. The number of amides is 1. The number of benzene rings is 3. The maximum atomic E-state index is 12.8. The molecule has 2 aromatic heterocycles. The standard InChI is InChI=1S/C31H32N4O3/c1-22(23-10-4-3-5-11-23)33-31(36)28-21-38-30(34-28)20-35(19-25-12-6-9-15-29(25)37-2)17-16-24-18-32-27-14-8-7-13-26(24)27/h3-15,18,21-22,32H,16-17,19-20H2,1-2H3,(H,33,36)/t22-/m0/s1. The van der Waals surface area contributed by atoms with Crippen molar-refractivity contribution in [1.82, 2.24) is 20.2 Å². The summed E-state index contributed by atoms with van der Waals surface area (Å²) in [6, 6.07) is 26.0. The predicted molar refractivity (Wildman–Crippen MR) is 148 cm³/mol. The van der Waals surface area contributed by atoms with Crippen LogP contribution in [0, 0.1) is 0 Å². The summed E-state index contributed by atoms with van der Waals surface area (Å²) in [4.78, 5) is 23.0. The average Bonchev–Trinajstić information content (AvgIpc) is 3.60. The second kappa shape index (κ2) is 11.8. The van der Waals surface area contributed by atoms with Crippen molar-refractivity contribution >= 4 is 16.8 Å². The van der Waals surface area contributed by atoms with Gasteiger partial charge in [-0.15, -0.1) is 0 Å². The maximum absolute atomic E-state index is 12.8. The lowest BCUT2D eigenvalue weighted by Crippen LogP contribution is -2.27. The van der Waals surface area contributed by atoms with Gasteiger partial charge in [0.1, 0.15) is 12.0 Å². The number of hydrogen-bond donors (Lipinski definition) is 2. The van der Waals surface area contributed by atoms with Gasteiger partial charge in [-0.1, -0.05) is 66.7 Å². The van der Waals surface area contributed by atoms with Gasteiger partial charge in [0.25, 0.3) is 5.91 Å². The number of aromatic amines is 1. The number of nitrogens with zero attached hydrogens (tertiary/aromatic N) is 2. The van der Waals surface area contributed by atoms with E-state index in [1.165, 1.54) is 17.2 Å². The van der Waals surface area contributed by atoms with Gasteiger partial charge in [0.15, 0.2) is 5.69 Å². The zero-order valence-corrected chi connectivity index (χ0v) is 21.7. The van der Waals surface area contributed by atoms with E-state index >= 15 is 0 Å². The largest absolute Gasteiger partial charge is 0.496 e. The topological polar surface area (TPSA) is 83.4 Å². The van der Waals surface area contributed by atoms with Crippen molar-refractivity contribution in [3.63, 3.8) is 0 Å². The molecule has 0 unspecified atom stereocenters. The van der Waals surface area contributed by atoms with Crippen molar-refractivity contribution < 1.29 is 13.9 Å². The first-order chi connectivity index (χ1) is 18.6. The second-order valence-corrected chi connectivity index (χ2v) is 9.36. The van der Waals surface area contributed by atoms with Crippen LogP contribution in [0.4, 0.5) is 0 Å². The highest BCUT2D eigenvalue weighted by Crippen LogP contribution is 2.23. The molecule has 2 heterocycles. The van der Waals surface area contributed by atoms with Gasteiger partial charge in [0.2, 0.25) is 5.89 Å². The lowest BCUT2D eigenvalue weighted by molar-refractivity contribution is 0.0934. The normalized spacial score (nSPS) is 12.1. The Hall–Kier alpha value is -4.36. The fraction of sp³-hybridized carbons (Fsp3) is 0.226. The molecule has 0 aliphatic rings. The third-order valence-electron chi connectivity index (χ3n) is 6.75. The van der Waals surface area contributed by atoms with Crippen molar-refractivity contribution in [1.29, 1.82) is 0 Å². The van der Waals surface area contributed by atoms with E-state index in [1.807, 2.05) is 61.5 Å². The van der Waals surface area contributed by atoms with E-state index in [-0.39, 0.29) is 17.6 Å². The highest BCUT2D eigenvalue weighted by Gasteiger charge is 2.18. The zero-order chi connectivity index (χ0) is 26.3. The predicted octanol–water partition coefficient (Wildman–Crippen LogP) is 5.90. The molecule has 0 saturated heterocycles. The van der Waals surface area contributed by atoms with Crippen molar-refractivity contribution in [2.45, 2.75) is 32.5 Å². The van der Waals surface area contributed by atoms with E-state index < -0.39 is 0 Å². The van der Waals surface area contributed by atoms with Crippen molar-refractivity contribution in [3.8, 4) is 5.75 Å². The van der Waals surface area contributed by atoms with Crippen molar-refractivity contribution in [3.05, 3.63) is 120 Å². The Morgan fingerprint density at radius 2 is 1.76 bits per heavy atom. The summed E-state index contributed by atoms with van der Waals surface area (Å²) in [7, 11) is 1.69. The molecule has 38 heavy (non-hydrogen) atoms. The Morgan fingerprint density at radius 3 is 2.61 bits per heavy atom. The molecule has 3 aromatic carbocycles. The monoisotopic (exact) mass is 508 g/mol. The van der Waals surface area contributed by atoms with Gasteiger partial charge in [0, 0.05) is 35.8 Å². The van der Waals surface area contributed by atoms with Crippen LogP contribution in [0.2, 0.25) is 0 Å². The summed E-state index contributed by atoms with van der Waals surface area (Å²) in [5, 5.41) is 4.23. The van der Waals surface area contributed by atoms with Crippen LogP contribution in [-0.4, -0.2) is 34.4 Å². The third kappa shape index (κ3) is 5.95. The van der Waals surface area contributed by atoms with E-state index in [2.05, 4.69) is 50.6 Å². The van der Waals surface area contributed by atoms with Crippen LogP contribution in [0.15, 0.2) is 95.7 Å². The fourth-order valence-electron chi connectivity index (χ4n) is 4.68. The highest BCUT2D eigenvalue weighted by atomic mass is 16.5. The minimum Gasteiger partial charge on any atom is -0.496 e. The Balaban J connectivity index is 1.30. The molecule has 0 saturated carbocycles. The number of rotatable bonds is 11. The first-order valence-corrected chi connectivity index (χ1v) is 12.8. The summed E-state index contributed by atoms with van der Waals surface area (Å²) in [5.74, 6) is 1.08. The van der Waals surface area contributed by atoms with Crippen LogP contribution >= 0.6 is 0 Å². The molecule has 0 bridgehead atoms. The van der Waals surface area contributed by atoms with Gasteiger partial charge in [-0.3, -0.25) is 9.69 Å². The average molecular weight is 509 g/mol. The number of nitrogens with one attached hydrogen (secondary N) is 2.